The van der Waals surface area contributed by atoms with Crippen molar-refractivity contribution in [3.05, 3.63) is 54.1 Å². The summed E-state index contributed by atoms with van der Waals surface area (Å²) in [7, 11) is 0. The summed E-state index contributed by atoms with van der Waals surface area (Å²) in [4.78, 5) is 11.6. The van der Waals surface area contributed by atoms with Crippen LogP contribution in [0.25, 0.3) is 0 Å². The van der Waals surface area contributed by atoms with Crippen molar-refractivity contribution in [3.8, 4) is 0 Å². The van der Waals surface area contributed by atoms with Crippen LogP contribution >= 0.6 is 0 Å². The Morgan fingerprint density at radius 3 is 2.21 bits per heavy atom. The number of amides is 2. The number of hydrogen-bond acceptors (Lipinski definition) is 2. The second kappa shape index (κ2) is 5.34. The predicted octanol–water partition coefficient (Wildman–Crippen LogP) is 3.19. The molecule has 2 amide bonds. The number of benzene rings is 2. The SMILES string of the molecule is Nc1cc(F)ccc1NC(=O)Nc1ccc(F)cc1. The second-order valence-corrected chi connectivity index (χ2v) is 3.82. The highest BCUT2D eigenvalue weighted by atomic mass is 19.1. The van der Waals surface area contributed by atoms with E-state index in [1.807, 2.05) is 0 Å². The number of hydrogen-bond donors (Lipinski definition) is 3. The summed E-state index contributed by atoms with van der Waals surface area (Å²) in [5.41, 5.74) is 6.39. The number of carbonyl (C=O) groups excluding carboxylic acids is 1. The molecule has 19 heavy (non-hydrogen) atoms. The summed E-state index contributed by atoms with van der Waals surface area (Å²) in [5, 5.41) is 4.96. The van der Waals surface area contributed by atoms with Crippen LogP contribution in [0.3, 0.4) is 0 Å². The van der Waals surface area contributed by atoms with Gasteiger partial charge in [0.2, 0.25) is 0 Å². The Morgan fingerprint density at radius 1 is 0.947 bits per heavy atom. The molecule has 0 aliphatic carbocycles. The standard InChI is InChI=1S/C13H11F2N3O/c14-8-1-4-10(5-2-8)17-13(19)18-12-6-3-9(15)7-11(12)16/h1-7H,16H2,(H2,17,18,19). The summed E-state index contributed by atoms with van der Waals surface area (Å²) in [6.07, 6.45) is 0. The lowest BCUT2D eigenvalue weighted by Crippen LogP contribution is -2.20. The molecular weight excluding hydrogens is 252 g/mol. The zero-order chi connectivity index (χ0) is 13.8. The van der Waals surface area contributed by atoms with E-state index in [1.54, 1.807) is 0 Å². The Morgan fingerprint density at radius 2 is 1.58 bits per heavy atom. The van der Waals surface area contributed by atoms with Gasteiger partial charge in [0.15, 0.2) is 0 Å². The van der Waals surface area contributed by atoms with E-state index in [1.165, 1.54) is 36.4 Å². The monoisotopic (exact) mass is 263 g/mol. The molecule has 2 aromatic carbocycles. The molecule has 2 rings (SSSR count). The summed E-state index contributed by atoms with van der Waals surface area (Å²) >= 11 is 0. The number of nitrogen functional groups attached to an aromatic ring is 1. The van der Waals surface area contributed by atoms with Gasteiger partial charge in [-0.2, -0.15) is 0 Å². The van der Waals surface area contributed by atoms with E-state index in [0.717, 1.165) is 6.07 Å². The Kier molecular flexibility index (Phi) is 3.61. The molecule has 0 bridgehead atoms. The van der Waals surface area contributed by atoms with Crippen molar-refractivity contribution in [2.45, 2.75) is 0 Å². The zero-order valence-corrected chi connectivity index (χ0v) is 9.78. The highest BCUT2D eigenvalue weighted by molar-refractivity contribution is 6.01. The van der Waals surface area contributed by atoms with E-state index in [-0.39, 0.29) is 5.69 Å². The molecule has 0 radical (unpaired) electrons. The minimum absolute atomic E-state index is 0.120. The number of anilines is 3. The van der Waals surface area contributed by atoms with E-state index in [0.29, 0.717) is 11.4 Å². The van der Waals surface area contributed by atoms with Gasteiger partial charge >= 0.3 is 6.03 Å². The smallest absolute Gasteiger partial charge is 0.323 e. The fraction of sp³-hybridized carbons (Fsp3) is 0. The van der Waals surface area contributed by atoms with Crippen molar-refractivity contribution in [2.75, 3.05) is 16.4 Å². The van der Waals surface area contributed by atoms with Crippen LogP contribution in [0.5, 0.6) is 0 Å². The van der Waals surface area contributed by atoms with Crippen LogP contribution < -0.4 is 16.4 Å². The van der Waals surface area contributed by atoms with Crippen LogP contribution in [0.4, 0.5) is 30.6 Å². The molecule has 4 nitrogen and oxygen atoms in total. The van der Waals surface area contributed by atoms with Crippen molar-refractivity contribution in [3.63, 3.8) is 0 Å². The van der Waals surface area contributed by atoms with Crippen LogP contribution in [0, 0.1) is 11.6 Å². The molecular formula is C13H11F2N3O. The molecule has 98 valence electrons. The maximum atomic E-state index is 12.8. The summed E-state index contributed by atoms with van der Waals surface area (Å²) in [5.74, 6) is -0.879. The first-order chi connectivity index (χ1) is 9.04. The molecule has 4 N–H and O–H groups in total. The largest absolute Gasteiger partial charge is 0.397 e. The number of nitrogens with two attached hydrogens (primary N) is 1. The normalized spacial score (nSPS) is 10.0. The Balaban J connectivity index is 2.03. The molecule has 6 heteroatoms. The van der Waals surface area contributed by atoms with Crippen molar-refractivity contribution in [1.29, 1.82) is 0 Å². The Labute approximate surface area is 108 Å². The fourth-order valence-corrected chi connectivity index (χ4v) is 1.47. The number of rotatable bonds is 2. The van der Waals surface area contributed by atoms with Crippen LogP contribution in [-0.4, -0.2) is 6.03 Å². The van der Waals surface area contributed by atoms with Gasteiger partial charge in [0.05, 0.1) is 11.4 Å². The highest BCUT2D eigenvalue weighted by Crippen LogP contribution is 2.19. The summed E-state index contributed by atoms with van der Waals surface area (Å²) in [6, 6.07) is 8.38. The number of nitrogens with one attached hydrogen (secondary N) is 2. The van der Waals surface area contributed by atoms with Crippen LogP contribution in [0.1, 0.15) is 0 Å². The van der Waals surface area contributed by atoms with Gasteiger partial charge in [-0.25, -0.2) is 13.6 Å². The number of carbonyl (C=O) groups is 1. The fourth-order valence-electron chi connectivity index (χ4n) is 1.47. The molecule has 0 saturated heterocycles. The van der Waals surface area contributed by atoms with Gasteiger partial charge in [0, 0.05) is 5.69 Å². The number of halogens is 2. The van der Waals surface area contributed by atoms with Crippen molar-refractivity contribution >= 4 is 23.1 Å². The van der Waals surface area contributed by atoms with E-state index in [9.17, 15) is 13.6 Å². The third-order valence-corrected chi connectivity index (χ3v) is 2.36. The van der Waals surface area contributed by atoms with Crippen LogP contribution in [-0.2, 0) is 0 Å². The minimum atomic E-state index is -0.551. The molecule has 0 atom stereocenters. The maximum Gasteiger partial charge on any atom is 0.323 e. The topological polar surface area (TPSA) is 67.1 Å². The molecule has 0 aliphatic rings. The molecule has 0 fully saturated rings. The summed E-state index contributed by atoms with van der Waals surface area (Å²) < 4.78 is 25.5. The van der Waals surface area contributed by atoms with Crippen molar-refractivity contribution in [2.24, 2.45) is 0 Å². The Bertz CT molecular complexity index is 599. The third-order valence-electron chi connectivity index (χ3n) is 2.36. The second-order valence-electron chi connectivity index (χ2n) is 3.82. The molecule has 0 unspecified atom stereocenters. The van der Waals surface area contributed by atoms with Gasteiger partial charge in [-0.3, -0.25) is 0 Å². The van der Waals surface area contributed by atoms with Crippen LogP contribution in [0.2, 0.25) is 0 Å². The molecule has 0 saturated carbocycles. The highest BCUT2D eigenvalue weighted by Gasteiger charge is 2.06. The first kappa shape index (κ1) is 12.8. The average Bonchev–Trinajstić information content (AvgIpc) is 2.36. The maximum absolute atomic E-state index is 12.8. The lowest BCUT2D eigenvalue weighted by atomic mass is 10.2. The van der Waals surface area contributed by atoms with E-state index < -0.39 is 17.7 Å². The predicted molar refractivity (Wildman–Crippen MR) is 69.9 cm³/mol. The van der Waals surface area contributed by atoms with Gasteiger partial charge < -0.3 is 16.4 Å². The van der Waals surface area contributed by atoms with Crippen LogP contribution in [0.15, 0.2) is 42.5 Å². The molecule has 0 aliphatic heterocycles. The molecule has 0 aromatic heterocycles. The molecule has 2 aromatic rings. The van der Waals surface area contributed by atoms with E-state index in [2.05, 4.69) is 10.6 Å². The molecule has 0 spiro atoms. The quantitative estimate of drug-likeness (QED) is 0.728. The van der Waals surface area contributed by atoms with Gasteiger partial charge in [-0.15, -0.1) is 0 Å². The lowest BCUT2D eigenvalue weighted by molar-refractivity contribution is 0.262. The van der Waals surface area contributed by atoms with Crippen molar-refractivity contribution in [1.82, 2.24) is 0 Å². The first-order valence-electron chi connectivity index (χ1n) is 5.43. The van der Waals surface area contributed by atoms with Gasteiger partial charge in [-0.1, -0.05) is 0 Å². The lowest BCUT2D eigenvalue weighted by Gasteiger charge is -2.09. The van der Waals surface area contributed by atoms with E-state index in [4.69, 9.17) is 5.73 Å². The summed E-state index contributed by atoms with van der Waals surface area (Å²) in [6.45, 7) is 0. The number of urea groups is 1. The van der Waals surface area contributed by atoms with Crippen molar-refractivity contribution < 1.29 is 13.6 Å². The first-order valence-corrected chi connectivity index (χ1v) is 5.43. The molecule has 0 heterocycles. The van der Waals surface area contributed by atoms with Gasteiger partial charge in [-0.05, 0) is 42.5 Å². The van der Waals surface area contributed by atoms with Gasteiger partial charge in [0.1, 0.15) is 11.6 Å². The van der Waals surface area contributed by atoms with Gasteiger partial charge in [0.25, 0.3) is 0 Å². The zero-order valence-electron chi connectivity index (χ0n) is 9.78. The van der Waals surface area contributed by atoms with E-state index >= 15 is 0 Å². The minimum Gasteiger partial charge on any atom is -0.397 e. The third kappa shape index (κ3) is 3.41. The average molecular weight is 263 g/mol. The Hall–Kier alpha value is -2.63.